The Morgan fingerprint density at radius 1 is 1.50 bits per heavy atom. The minimum absolute atomic E-state index is 0.235. The highest BCUT2D eigenvalue weighted by Gasteiger charge is 2.36. The Hall–Kier alpha value is -0.570. The number of hydrogen-bond acceptors (Lipinski definition) is 2. The second-order valence-corrected chi connectivity index (χ2v) is 3.43. The molecule has 1 aliphatic rings. The number of rotatable bonds is 3. The monoisotopic (exact) mass is 170 g/mol. The quantitative estimate of drug-likeness (QED) is 0.681. The first-order valence-corrected chi connectivity index (χ1v) is 4.73. The third-order valence-corrected chi connectivity index (χ3v) is 2.84. The predicted octanol–water partition coefficient (Wildman–Crippen LogP) is 0.797. The van der Waals surface area contributed by atoms with E-state index in [2.05, 4.69) is 13.8 Å². The molecule has 0 saturated carbocycles. The highest BCUT2D eigenvalue weighted by Crippen LogP contribution is 2.28. The topological polar surface area (TPSA) is 46.3 Å². The summed E-state index contributed by atoms with van der Waals surface area (Å²) in [6.07, 6.45) is 2.04. The fourth-order valence-corrected chi connectivity index (χ4v) is 2.02. The molecule has 0 aromatic rings. The van der Waals surface area contributed by atoms with Gasteiger partial charge in [0.1, 0.15) is 0 Å². The van der Waals surface area contributed by atoms with E-state index in [0.29, 0.717) is 12.6 Å². The normalized spacial score (nSPS) is 29.9. The van der Waals surface area contributed by atoms with Crippen LogP contribution in [-0.4, -0.2) is 24.0 Å². The van der Waals surface area contributed by atoms with Crippen molar-refractivity contribution in [3.05, 3.63) is 0 Å². The van der Waals surface area contributed by atoms with Crippen molar-refractivity contribution in [2.45, 2.75) is 26.7 Å². The van der Waals surface area contributed by atoms with E-state index in [1.165, 1.54) is 0 Å². The molecule has 2 unspecified atom stereocenters. The fourth-order valence-electron chi connectivity index (χ4n) is 2.02. The molecule has 0 aromatic carbocycles. The molecule has 2 atom stereocenters. The molecule has 0 aliphatic carbocycles. The molecule has 1 fully saturated rings. The second-order valence-electron chi connectivity index (χ2n) is 3.43. The standard InChI is InChI=1S/C9H18N2O/c1-3-7-5-11(6-10)9(12)8(7)4-2/h7-8H,3-6,10H2,1-2H3. The van der Waals surface area contributed by atoms with Crippen LogP contribution in [0, 0.1) is 11.8 Å². The summed E-state index contributed by atoms with van der Waals surface area (Å²) < 4.78 is 0. The lowest BCUT2D eigenvalue weighted by molar-refractivity contribution is -0.131. The maximum Gasteiger partial charge on any atom is 0.227 e. The van der Waals surface area contributed by atoms with Crippen molar-refractivity contribution in [3.8, 4) is 0 Å². The van der Waals surface area contributed by atoms with Gasteiger partial charge in [0.15, 0.2) is 0 Å². The lowest BCUT2D eigenvalue weighted by Gasteiger charge is -2.12. The van der Waals surface area contributed by atoms with Gasteiger partial charge in [-0.3, -0.25) is 4.79 Å². The number of carbonyl (C=O) groups is 1. The summed E-state index contributed by atoms with van der Waals surface area (Å²) in [7, 11) is 0. The number of amides is 1. The van der Waals surface area contributed by atoms with E-state index >= 15 is 0 Å². The molecule has 3 nitrogen and oxygen atoms in total. The molecule has 1 saturated heterocycles. The van der Waals surface area contributed by atoms with E-state index < -0.39 is 0 Å². The van der Waals surface area contributed by atoms with Crippen LogP contribution in [0.4, 0.5) is 0 Å². The SMILES string of the molecule is CCC1CN(CN)C(=O)C1CC. The van der Waals surface area contributed by atoms with Crippen LogP contribution in [0.5, 0.6) is 0 Å². The van der Waals surface area contributed by atoms with Gasteiger partial charge in [0.25, 0.3) is 0 Å². The van der Waals surface area contributed by atoms with Crippen molar-refractivity contribution in [1.82, 2.24) is 4.90 Å². The van der Waals surface area contributed by atoms with Gasteiger partial charge >= 0.3 is 0 Å². The van der Waals surface area contributed by atoms with Crippen LogP contribution in [0.25, 0.3) is 0 Å². The molecule has 3 heteroatoms. The molecule has 0 spiro atoms. The van der Waals surface area contributed by atoms with Crippen molar-refractivity contribution in [1.29, 1.82) is 0 Å². The van der Waals surface area contributed by atoms with E-state index in [-0.39, 0.29) is 11.8 Å². The molecule has 1 aliphatic heterocycles. The zero-order valence-corrected chi connectivity index (χ0v) is 7.92. The highest BCUT2D eigenvalue weighted by atomic mass is 16.2. The van der Waals surface area contributed by atoms with Crippen molar-refractivity contribution >= 4 is 5.91 Å². The number of likely N-dealkylation sites (tertiary alicyclic amines) is 1. The number of hydrogen-bond donors (Lipinski definition) is 1. The summed E-state index contributed by atoms with van der Waals surface area (Å²) >= 11 is 0. The molecule has 1 rings (SSSR count). The summed E-state index contributed by atoms with van der Waals surface area (Å²) in [4.78, 5) is 13.3. The van der Waals surface area contributed by atoms with Gasteiger partial charge in [-0.1, -0.05) is 20.3 Å². The van der Waals surface area contributed by atoms with Gasteiger partial charge in [-0.05, 0) is 12.3 Å². The lowest BCUT2D eigenvalue weighted by Crippen LogP contribution is -2.32. The van der Waals surface area contributed by atoms with Crippen molar-refractivity contribution in [3.63, 3.8) is 0 Å². The average molecular weight is 170 g/mol. The van der Waals surface area contributed by atoms with Gasteiger partial charge in [-0.2, -0.15) is 0 Å². The van der Waals surface area contributed by atoms with Gasteiger partial charge in [-0.25, -0.2) is 0 Å². The Morgan fingerprint density at radius 3 is 2.50 bits per heavy atom. The zero-order valence-electron chi connectivity index (χ0n) is 7.92. The zero-order chi connectivity index (χ0) is 9.14. The summed E-state index contributed by atoms with van der Waals surface area (Å²) in [5.74, 6) is 1.02. The average Bonchev–Trinajstić information content (AvgIpc) is 2.41. The number of carbonyl (C=O) groups excluding carboxylic acids is 1. The third-order valence-electron chi connectivity index (χ3n) is 2.84. The van der Waals surface area contributed by atoms with E-state index in [0.717, 1.165) is 19.4 Å². The second kappa shape index (κ2) is 3.90. The summed E-state index contributed by atoms with van der Waals surface area (Å²) in [5, 5.41) is 0. The molecule has 2 N–H and O–H groups in total. The Balaban J connectivity index is 2.65. The molecule has 12 heavy (non-hydrogen) atoms. The Bertz CT molecular complexity index is 170. The fraction of sp³-hybridized carbons (Fsp3) is 0.889. The summed E-state index contributed by atoms with van der Waals surface area (Å²) in [5.41, 5.74) is 5.46. The molecular weight excluding hydrogens is 152 g/mol. The Kier molecular flexibility index (Phi) is 3.09. The van der Waals surface area contributed by atoms with Gasteiger partial charge in [0.05, 0.1) is 6.67 Å². The van der Waals surface area contributed by atoms with Gasteiger partial charge < -0.3 is 10.6 Å². The first-order valence-electron chi connectivity index (χ1n) is 4.73. The van der Waals surface area contributed by atoms with E-state index in [1.54, 1.807) is 4.90 Å². The molecule has 1 heterocycles. The van der Waals surface area contributed by atoms with Crippen LogP contribution < -0.4 is 5.73 Å². The largest absolute Gasteiger partial charge is 0.330 e. The molecule has 70 valence electrons. The predicted molar refractivity (Wildman–Crippen MR) is 48.3 cm³/mol. The van der Waals surface area contributed by atoms with E-state index in [9.17, 15) is 4.79 Å². The van der Waals surface area contributed by atoms with Crippen LogP contribution in [0.2, 0.25) is 0 Å². The summed E-state index contributed by atoms with van der Waals surface area (Å²) in [6, 6.07) is 0. The van der Waals surface area contributed by atoms with Crippen molar-refractivity contribution in [2.24, 2.45) is 17.6 Å². The number of nitrogens with two attached hydrogens (primary N) is 1. The van der Waals surface area contributed by atoms with E-state index in [1.807, 2.05) is 0 Å². The molecule has 0 aromatic heterocycles. The first-order chi connectivity index (χ1) is 5.74. The van der Waals surface area contributed by atoms with Gasteiger partial charge in [-0.15, -0.1) is 0 Å². The maximum absolute atomic E-state index is 11.6. The molecular formula is C9H18N2O. The Morgan fingerprint density at radius 2 is 2.17 bits per heavy atom. The van der Waals surface area contributed by atoms with Crippen LogP contribution in [-0.2, 0) is 4.79 Å². The first kappa shape index (κ1) is 9.52. The highest BCUT2D eigenvalue weighted by molar-refractivity contribution is 5.81. The minimum atomic E-state index is 0.235. The third kappa shape index (κ3) is 1.46. The van der Waals surface area contributed by atoms with Gasteiger partial charge in [0.2, 0.25) is 5.91 Å². The smallest absolute Gasteiger partial charge is 0.227 e. The lowest BCUT2D eigenvalue weighted by atomic mass is 9.91. The van der Waals surface area contributed by atoms with Crippen molar-refractivity contribution in [2.75, 3.05) is 13.2 Å². The maximum atomic E-state index is 11.6. The summed E-state index contributed by atoms with van der Waals surface area (Å²) in [6.45, 7) is 5.46. The van der Waals surface area contributed by atoms with Crippen LogP contribution in [0.3, 0.4) is 0 Å². The molecule has 0 bridgehead atoms. The Labute approximate surface area is 73.9 Å². The van der Waals surface area contributed by atoms with Crippen LogP contribution >= 0.6 is 0 Å². The van der Waals surface area contributed by atoms with E-state index in [4.69, 9.17) is 5.73 Å². The number of nitrogens with zero attached hydrogens (tertiary/aromatic N) is 1. The van der Waals surface area contributed by atoms with Gasteiger partial charge in [0, 0.05) is 12.5 Å². The van der Waals surface area contributed by atoms with Crippen LogP contribution in [0.15, 0.2) is 0 Å². The molecule has 1 amide bonds. The van der Waals surface area contributed by atoms with Crippen LogP contribution in [0.1, 0.15) is 26.7 Å². The molecule has 0 radical (unpaired) electrons. The minimum Gasteiger partial charge on any atom is -0.330 e. The van der Waals surface area contributed by atoms with Crippen molar-refractivity contribution < 1.29 is 4.79 Å².